The number of ether oxygens (including phenoxy) is 1. The number of benzene rings is 2. The molecule has 0 unspecified atom stereocenters. The summed E-state index contributed by atoms with van der Waals surface area (Å²) in [5, 5.41) is 6.05. The van der Waals surface area contributed by atoms with Gasteiger partial charge in [0, 0.05) is 25.2 Å². The lowest BCUT2D eigenvalue weighted by Gasteiger charge is -2.15. The van der Waals surface area contributed by atoms with E-state index in [4.69, 9.17) is 4.74 Å². The highest BCUT2D eigenvalue weighted by molar-refractivity contribution is 5.88. The lowest BCUT2D eigenvalue weighted by atomic mass is 10.1. The molecule has 0 aliphatic carbocycles. The summed E-state index contributed by atoms with van der Waals surface area (Å²) < 4.78 is 41.1. The number of carbonyl (C=O) groups excluding carboxylic acids is 1. The van der Waals surface area contributed by atoms with E-state index >= 15 is 0 Å². The van der Waals surface area contributed by atoms with Crippen molar-refractivity contribution in [3.8, 4) is 5.75 Å². The van der Waals surface area contributed by atoms with Gasteiger partial charge in [-0.3, -0.25) is 4.79 Å². The number of hydrogen-bond donors (Lipinski definition) is 2. The van der Waals surface area contributed by atoms with Crippen LogP contribution in [0.1, 0.15) is 31.0 Å². The van der Waals surface area contributed by atoms with Gasteiger partial charge in [0.05, 0.1) is 0 Å². The lowest BCUT2D eigenvalue weighted by molar-refractivity contribution is -0.153. The van der Waals surface area contributed by atoms with Crippen LogP contribution < -0.4 is 15.4 Å². The monoisotopic (exact) mass is 366 g/mol. The van der Waals surface area contributed by atoms with Crippen molar-refractivity contribution in [3.63, 3.8) is 0 Å². The number of amides is 1. The quantitative estimate of drug-likeness (QED) is 0.762. The summed E-state index contributed by atoms with van der Waals surface area (Å²) in [6.07, 6.45) is -4.34. The molecule has 0 heterocycles. The van der Waals surface area contributed by atoms with Gasteiger partial charge in [-0.1, -0.05) is 24.3 Å². The first-order valence-electron chi connectivity index (χ1n) is 8.12. The molecular formula is C19H21F3N2O2. The molecule has 2 rings (SSSR count). The van der Waals surface area contributed by atoms with Gasteiger partial charge in [0.25, 0.3) is 0 Å². The Morgan fingerprint density at radius 1 is 1.08 bits per heavy atom. The fourth-order valence-corrected chi connectivity index (χ4v) is 2.32. The van der Waals surface area contributed by atoms with E-state index < -0.39 is 12.8 Å². The summed E-state index contributed by atoms with van der Waals surface area (Å²) in [6.45, 7) is 2.75. The van der Waals surface area contributed by atoms with Crippen LogP contribution in [0.25, 0.3) is 0 Å². The highest BCUT2D eigenvalue weighted by Crippen LogP contribution is 2.21. The Kier molecular flexibility index (Phi) is 6.63. The van der Waals surface area contributed by atoms with Crippen molar-refractivity contribution in [2.75, 3.05) is 11.9 Å². The Balaban J connectivity index is 1.85. The SMILES string of the molecule is CC(=O)Nc1ccc(CN[C@@H](C)c2ccc(OCC(F)(F)F)cc2)cc1. The summed E-state index contributed by atoms with van der Waals surface area (Å²) >= 11 is 0. The third-order valence-electron chi connectivity index (χ3n) is 3.67. The molecular weight excluding hydrogens is 345 g/mol. The zero-order valence-corrected chi connectivity index (χ0v) is 14.6. The number of hydrogen-bond acceptors (Lipinski definition) is 3. The van der Waals surface area contributed by atoms with E-state index in [0.717, 1.165) is 16.8 Å². The van der Waals surface area contributed by atoms with Gasteiger partial charge >= 0.3 is 6.18 Å². The van der Waals surface area contributed by atoms with Gasteiger partial charge in [-0.25, -0.2) is 0 Å². The van der Waals surface area contributed by atoms with Gasteiger partial charge in [-0.05, 0) is 42.3 Å². The summed E-state index contributed by atoms with van der Waals surface area (Å²) in [5.41, 5.74) is 2.74. The Hall–Kier alpha value is -2.54. The second-order valence-electron chi connectivity index (χ2n) is 5.95. The maximum atomic E-state index is 12.1. The topological polar surface area (TPSA) is 50.4 Å². The van der Waals surface area contributed by atoms with E-state index in [9.17, 15) is 18.0 Å². The predicted octanol–water partition coefficient (Wildman–Crippen LogP) is 4.44. The van der Waals surface area contributed by atoms with Crippen LogP contribution in [0.2, 0.25) is 0 Å². The van der Waals surface area contributed by atoms with Crippen molar-refractivity contribution in [1.82, 2.24) is 5.32 Å². The van der Waals surface area contributed by atoms with E-state index in [1.165, 1.54) is 19.1 Å². The predicted molar refractivity (Wildman–Crippen MR) is 94.0 cm³/mol. The molecule has 0 bridgehead atoms. The first kappa shape index (κ1) is 19.8. The summed E-state index contributed by atoms with van der Waals surface area (Å²) in [5.74, 6) is 0.0685. The molecule has 0 radical (unpaired) electrons. The third-order valence-corrected chi connectivity index (χ3v) is 3.67. The molecule has 0 saturated heterocycles. The van der Waals surface area contributed by atoms with Crippen LogP contribution in [0, 0.1) is 0 Å². The molecule has 1 atom stereocenters. The van der Waals surface area contributed by atoms with Crippen molar-refractivity contribution in [2.24, 2.45) is 0 Å². The van der Waals surface area contributed by atoms with E-state index in [2.05, 4.69) is 10.6 Å². The van der Waals surface area contributed by atoms with Crippen molar-refractivity contribution >= 4 is 11.6 Å². The molecule has 0 saturated carbocycles. The maximum absolute atomic E-state index is 12.1. The van der Waals surface area contributed by atoms with Gasteiger partial charge in [-0.2, -0.15) is 13.2 Å². The third kappa shape index (κ3) is 6.76. The van der Waals surface area contributed by atoms with Crippen molar-refractivity contribution < 1.29 is 22.7 Å². The van der Waals surface area contributed by atoms with Crippen LogP contribution in [0.4, 0.5) is 18.9 Å². The van der Waals surface area contributed by atoms with Crippen LogP contribution in [-0.2, 0) is 11.3 Å². The van der Waals surface area contributed by atoms with E-state index in [1.807, 2.05) is 31.2 Å². The second kappa shape index (κ2) is 8.71. The molecule has 2 N–H and O–H groups in total. The number of carbonyl (C=O) groups is 1. The first-order chi connectivity index (χ1) is 12.2. The van der Waals surface area contributed by atoms with E-state index in [-0.39, 0.29) is 17.7 Å². The molecule has 0 aromatic heterocycles. The Morgan fingerprint density at radius 2 is 1.69 bits per heavy atom. The van der Waals surface area contributed by atoms with Crippen LogP contribution >= 0.6 is 0 Å². The van der Waals surface area contributed by atoms with Gasteiger partial charge in [0.15, 0.2) is 6.61 Å². The minimum absolute atomic E-state index is 0.0155. The first-order valence-corrected chi connectivity index (χ1v) is 8.12. The van der Waals surface area contributed by atoms with Gasteiger partial charge in [0.1, 0.15) is 5.75 Å². The Labute approximate surface area is 150 Å². The fourth-order valence-electron chi connectivity index (χ4n) is 2.32. The zero-order valence-electron chi connectivity index (χ0n) is 14.6. The van der Waals surface area contributed by atoms with Crippen molar-refractivity contribution in [2.45, 2.75) is 32.6 Å². The normalized spacial score (nSPS) is 12.5. The number of nitrogens with one attached hydrogen (secondary N) is 2. The minimum Gasteiger partial charge on any atom is -0.484 e. The average Bonchev–Trinajstić information content (AvgIpc) is 2.58. The van der Waals surface area contributed by atoms with Gasteiger partial charge in [0.2, 0.25) is 5.91 Å². The van der Waals surface area contributed by atoms with E-state index in [0.29, 0.717) is 6.54 Å². The fraction of sp³-hybridized carbons (Fsp3) is 0.316. The van der Waals surface area contributed by atoms with Crippen LogP contribution in [0.15, 0.2) is 48.5 Å². The molecule has 0 aliphatic rings. The molecule has 2 aromatic carbocycles. The molecule has 7 heteroatoms. The molecule has 1 amide bonds. The number of alkyl halides is 3. The van der Waals surface area contributed by atoms with Crippen LogP contribution in [0.3, 0.4) is 0 Å². The molecule has 26 heavy (non-hydrogen) atoms. The molecule has 0 aliphatic heterocycles. The smallest absolute Gasteiger partial charge is 0.422 e. The largest absolute Gasteiger partial charge is 0.484 e. The van der Waals surface area contributed by atoms with Crippen LogP contribution in [0.5, 0.6) is 5.75 Å². The number of halogens is 3. The minimum atomic E-state index is -4.34. The van der Waals surface area contributed by atoms with Crippen molar-refractivity contribution in [1.29, 1.82) is 0 Å². The molecule has 2 aromatic rings. The summed E-state index contributed by atoms with van der Waals surface area (Å²) in [4.78, 5) is 11.0. The molecule has 0 fully saturated rings. The highest BCUT2D eigenvalue weighted by atomic mass is 19.4. The maximum Gasteiger partial charge on any atom is 0.422 e. The second-order valence-corrected chi connectivity index (χ2v) is 5.95. The molecule has 140 valence electrons. The average molecular weight is 366 g/mol. The number of rotatable bonds is 7. The lowest BCUT2D eigenvalue weighted by Crippen LogP contribution is -2.19. The molecule has 4 nitrogen and oxygen atoms in total. The van der Waals surface area contributed by atoms with Gasteiger partial charge < -0.3 is 15.4 Å². The van der Waals surface area contributed by atoms with Gasteiger partial charge in [-0.15, -0.1) is 0 Å². The van der Waals surface area contributed by atoms with Crippen molar-refractivity contribution in [3.05, 3.63) is 59.7 Å². The Bertz CT molecular complexity index is 713. The molecule has 0 spiro atoms. The highest BCUT2D eigenvalue weighted by Gasteiger charge is 2.28. The van der Waals surface area contributed by atoms with E-state index in [1.54, 1.807) is 12.1 Å². The summed E-state index contributed by atoms with van der Waals surface area (Å²) in [6, 6.07) is 14.0. The standard InChI is InChI=1S/C19H21F3N2O2/c1-13(16-5-9-18(10-6-16)26-12-19(20,21)22)23-11-15-3-7-17(8-4-15)24-14(2)25/h3-10,13,23H,11-12H2,1-2H3,(H,24,25)/t13-/m0/s1. The van der Waals surface area contributed by atoms with Crippen LogP contribution in [-0.4, -0.2) is 18.7 Å². The zero-order chi connectivity index (χ0) is 19.2. The Morgan fingerprint density at radius 3 is 2.23 bits per heavy atom. The number of anilines is 1. The summed E-state index contributed by atoms with van der Waals surface area (Å²) in [7, 11) is 0.